The Morgan fingerprint density at radius 2 is 2.04 bits per heavy atom. The van der Waals surface area contributed by atoms with Crippen LogP contribution in [0.4, 0.5) is 0 Å². The highest BCUT2D eigenvalue weighted by molar-refractivity contribution is 7.21. The summed E-state index contributed by atoms with van der Waals surface area (Å²) < 4.78 is 1.03. The summed E-state index contributed by atoms with van der Waals surface area (Å²) in [7, 11) is 0. The molecule has 1 atom stereocenters. The molecular formula is C19H23ClN2OS. The van der Waals surface area contributed by atoms with E-state index in [0.29, 0.717) is 21.2 Å². The minimum atomic E-state index is -0.181. The average Bonchev–Trinajstić information content (AvgIpc) is 2.90. The number of carbonyl (C=O) groups excluding carboxylic acids is 1. The number of carbonyl (C=O) groups is 1. The molecule has 24 heavy (non-hydrogen) atoms. The third-order valence-electron chi connectivity index (χ3n) is 4.71. The van der Waals surface area contributed by atoms with Gasteiger partial charge in [-0.3, -0.25) is 10.2 Å². The first-order valence-electron chi connectivity index (χ1n) is 8.28. The van der Waals surface area contributed by atoms with Gasteiger partial charge in [0.05, 0.1) is 5.02 Å². The first kappa shape index (κ1) is 17.3. The Balaban J connectivity index is 1.64. The molecule has 0 radical (unpaired) electrons. The van der Waals surface area contributed by atoms with Crippen molar-refractivity contribution in [2.45, 2.75) is 40.0 Å². The summed E-state index contributed by atoms with van der Waals surface area (Å²) in [4.78, 5) is 13.0. The maximum atomic E-state index is 12.4. The molecule has 1 aromatic heterocycles. The summed E-state index contributed by atoms with van der Waals surface area (Å²) in [6, 6.07) is 7.80. The SMILES string of the molecule is CC(C)(C)[C@H]1CC=C(NNC(=O)c2sc3ccccc3c2Cl)CC1. The van der Waals surface area contributed by atoms with E-state index in [1.165, 1.54) is 11.3 Å². The predicted molar refractivity (Wildman–Crippen MR) is 102 cm³/mol. The Hall–Kier alpha value is -1.52. The highest BCUT2D eigenvalue weighted by Gasteiger charge is 2.26. The van der Waals surface area contributed by atoms with E-state index < -0.39 is 0 Å². The van der Waals surface area contributed by atoms with E-state index in [-0.39, 0.29) is 5.91 Å². The van der Waals surface area contributed by atoms with E-state index in [1.807, 2.05) is 24.3 Å². The van der Waals surface area contributed by atoms with Gasteiger partial charge in [0.2, 0.25) is 0 Å². The molecule has 2 aromatic rings. The van der Waals surface area contributed by atoms with Crippen LogP contribution in [0.5, 0.6) is 0 Å². The van der Waals surface area contributed by atoms with Gasteiger partial charge in [-0.2, -0.15) is 0 Å². The maximum Gasteiger partial charge on any atom is 0.281 e. The van der Waals surface area contributed by atoms with Gasteiger partial charge in [-0.05, 0) is 36.7 Å². The largest absolute Gasteiger partial charge is 0.303 e. The minimum absolute atomic E-state index is 0.181. The zero-order valence-electron chi connectivity index (χ0n) is 14.3. The van der Waals surface area contributed by atoms with Crippen molar-refractivity contribution in [1.29, 1.82) is 0 Å². The van der Waals surface area contributed by atoms with Gasteiger partial charge >= 0.3 is 0 Å². The van der Waals surface area contributed by atoms with Crippen molar-refractivity contribution in [1.82, 2.24) is 10.9 Å². The maximum absolute atomic E-state index is 12.4. The number of hydrogen-bond donors (Lipinski definition) is 2. The van der Waals surface area contributed by atoms with E-state index in [1.54, 1.807) is 0 Å². The number of fused-ring (bicyclic) bond motifs is 1. The first-order valence-corrected chi connectivity index (χ1v) is 9.48. The molecule has 1 heterocycles. The highest BCUT2D eigenvalue weighted by Crippen LogP contribution is 2.37. The summed E-state index contributed by atoms with van der Waals surface area (Å²) in [5.74, 6) is 0.510. The molecule has 2 N–H and O–H groups in total. The molecule has 0 saturated heterocycles. The normalized spacial score (nSPS) is 18.3. The van der Waals surface area contributed by atoms with Crippen LogP contribution in [0.25, 0.3) is 10.1 Å². The monoisotopic (exact) mass is 362 g/mol. The van der Waals surface area contributed by atoms with Gasteiger partial charge < -0.3 is 5.43 Å². The van der Waals surface area contributed by atoms with Gasteiger partial charge in [0.15, 0.2) is 0 Å². The van der Waals surface area contributed by atoms with Crippen molar-refractivity contribution < 1.29 is 4.79 Å². The van der Waals surface area contributed by atoms with Gasteiger partial charge in [-0.1, -0.05) is 56.6 Å². The third-order valence-corrected chi connectivity index (χ3v) is 6.39. The van der Waals surface area contributed by atoms with Gasteiger partial charge in [0.25, 0.3) is 5.91 Å². The second-order valence-corrected chi connectivity index (χ2v) is 8.82. The lowest BCUT2D eigenvalue weighted by molar-refractivity contribution is 0.0941. The molecule has 1 aromatic carbocycles. The number of amides is 1. The van der Waals surface area contributed by atoms with Crippen molar-refractivity contribution in [3.05, 3.63) is 45.9 Å². The molecule has 5 heteroatoms. The topological polar surface area (TPSA) is 41.1 Å². The molecule has 0 unspecified atom stereocenters. The van der Waals surface area contributed by atoms with Crippen LogP contribution in [-0.2, 0) is 0 Å². The first-order chi connectivity index (χ1) is 11.4. The molecular weight excluding hydrogens is 340 g/mol. The summed E-state index contributed by atoms with van der Waals surface area (Å²) in [5.41, 5.74) is 7.28. The molecule has 3 rings (SSSR count). The smallest absolute Gasteiger partial charge is 0.281 e. The van der Waals surface area contributed by atoms with Crippen LogP contribution in [0, 0.1) is 11.3 Å². The van der Waals surface area contributed by atoms with Crippen LogP contribution >= 0.6 is 22.9 Å². The standard InChI is InChI=1S/C19H23ClN2OS/c1-19(2,3)12-8-10-13(11-9-12)21-22-18(23)17-16(20)14-6-4-5-7-15(14)24-17/h4-7,10,12,21H,8-9,11H2,1-3H3,(H,22,23)/t12-/m0/s1. The predicted octanol–water partition coefficient (Wildman–Crippen LogP) is 5.52. The fourth-order valence-corrected chi connectivity index (χ4v) is 4.50. The molecule has 3 nitrogen and oxygen atoms in total. The van der Waals surface area contributed by atoms with E-state index in [0.717, 1.165) is 35.0 Å². The van der Waals surface area contributed by atoms with Crippen LogP contribution in [0.1, 0.15) is 49.7 Å². The fraction of sp³-hybridized carbons (Fsp3) is 0.421. The van der Waals surface area contributed by atoms with Crippen molar-refractivity contribution in [2.75, 3.05) is 0 Å². The molecule has 0 spiro atoms. The molecule has 128 valence electrons. The number of allylic oxidation sites excluding steroid dienone is 2. The van der Waals surface area contributed by atoms with Crippen molar-refractivity contribution >= 4 is 38.9 Å². The van der Waals surface area contributed by atoms with Crippen LogP contribution in [0.3, 0.4) is 0 Å². The van der Waals surface area contributed by atoms with E-state index in [2.05, 4.69) is 37.7 Å². The van der Waals surface area contributed by atoms with Crippen molar-refractivity contribution in [3.8, 4) is 0 Å². The summed E-state index contributed by atoms with van der Waals surface area (Å²) in [6.45, 7) is 6.86. The average molecular weight is 363 g/mol. The van der Waals surface area contributed by atoms with E-state index in [4.69, 9.17) is 11.6 Å². The number of hydrazine groups is 1. The van der Waals surface area contributed by atoms with Crippen LogP contribution in [-0.4, -0.2) is 5.91 Å². The summed E-state index contributed by atoms with van der Waals surface area (Å²) in [6.07, 6.45) is 5.35. The second kappa shape index (κ2) is 6.77. The molecule has 0 aliphatic heterocycles. The Kier molecular flexibility index (Phi) is 4.88. The minimum Gasteiger partial charge on any atom is -0.303 e. The summed E-state index contributed by atoms with van der Waals surface area (Å²) in [5, 5.41) is 1.46. The lowest BCUT2D eigenvalue weighted by atomic mass is 9.74. The van der Waals surface area contributed by atoms with E-state index >= 15 is 0 Å². The third kappa shape index (κ3) is 3.60. The second-order valence-electron chi connectivity index (χ2n) is 7.39. The van der Waals surface area contributed by atoms with Gasteiger partial charge in [-0.25, -0.2) is 0 Å². The zero-order chi connectivity index (χ0) is 17.3. The van der Waals surface area contributed by atoms with Crippen LogP contribution < -0.4 is 10.9 Å². The van der Waals surface area contributed by atoms with Crippen molar-refractivity contribution in [2.24, 2.45) is 11.3 Å². The van der Waals surface area contributed by atoms with Gasteiger partial charge in [0, 0.05) is 15.8 Å². The lowest BCUT2D eigenvalue weighted by Gasteiger charge is -2.33. The Bertz CT molecular complexity index is 788. The number of nitrogens with one attached hydrogen (secondary N) is 2. The number of rotatable bonds is 3. The Morgan fingerprint density at radius 1 is 1.29 bits per heavy atom. The molecule has 1 aliphatic carbocycles. The number of benzene rings is 1. The van der Waals surface area contributed by atoms with Gasteiger partial charge in [-0.15, -0.1) is 11.3 Å². The molecule has 0 fully saturated rings. The highest BCUT2D eigenvalue weighted by atomic mass is 35.5. The lowest BCUT2D eigenvalue weighted by Crippen LogP contribution is -2.37. The zero-order valence-corrected chi connectivity index (χ0v) is 15.9. The fourth-order valence-electron chi connectivity index (χ4n) is 3.09. The van der Waals surface area contributed by atoms with Crippen LogP contribution in [0.2, 0.25) is 5.02 Å². The Morgan fingerprint density at radius 3 is 2.67 bits per heavy atom. The number of hydrogen-bond acceptors (Lipinski definition) is 3. The number of thiophene rings is 1. The molecule has 1 aliphatic rings. The quantitative estimate of drug-likeness (QED) is 0.706. The number of halogens is 1. The van der Waals surface area contributed by atoms with Crippen molar-refractivity contribution in [3.63, 3.8) is 0 Å². The van der Waals surface area contributed by atoms with Crippen LogP contribution in [0.15, 0.2) is 36.0 Å². The molecule has 0 bridgehead atoms. The molecule has 0 saturated carbocycles. The Labute approximate surface area is 152 Å². The molecule has 1 amide bonds. The van der Waals surface area contributed by atoms with E-state index in [9.17, 15) is 4.79 Å². The van der Waals surface area contributed by atoms with Gasteiger partial charge in [0.1, 0.15) is 4.88 Å². The summed E-state index contributed by atoms with van der Waals surface area (Å²) >= 11 is 7.77.